The van der Waals surface area contributed by atoms with E-state index in [9.17, 15) is 0 Å². The van der Waals surface area contributed by atoms with Gasteiger partial charge in [0.05, 0.1) is 0 Å². The Hall–Kier alpha value is -2.66. The fourth-order valence-electron chi connectivity index (χ4n) is 2.02. The highest BCUT2D eigenvalue weighted by Gasteiger charge is 2.14. The first-order valence-electron chi connectivity index (χ1n) is 6.90. The molecule has 2 aromatic rings. The Kier molecular flexibility index (Phi) is 3.41. The summed E-state index contributed by atoms with van der Waals surface area (Å²) in [5.41, 5.74) is 10.7. The molecule has 2 aromatic carbocycles. The van der Waals surface area contributed by atoms with Gasteiger partial charge in [-0.25, -0.2) is 0 Å². The fourth-order valence-corrected chi connectivity index (χ4v) is 2.97. The van der Waals surface area contributed by atoms with Gasteiger partial charge in [-0.15, -0.1) is 11.1 Å². The standard InChI is InChI=1S/C20H14Si/c1-21(2)15-13-19-9-5-3-7-17(19)11-12-18-8-4-6-10-20(18)14-16-21/h3-10H,1-2H3. The zero-order valence-corrected chi connectivity index (χ0v) is 13.1. The van der Waals surface area contributed by atoms with Crippen molar-refractivity contribution in [3.8, 4) is 34.8 Å². The van der Waals surface area contributed by atoms with E-state index in [-0.39, 0.29) is 0 Å². The molecule has 0 fully saturated rings. The second-order valence-electron chi connectivity index (χ2n) is 5.47. The predicted octanol–water partition coefficient (Wildman–Crippen LogP) is 3.59. The molecule has 0 nitrogen and oxygen atoms in total. The van der Waals surface area contributed by atoms with Crippen LogP contribution in [0.3, 0.4) is 0 Å². The van der Waals surface area contributed by atoms with Crippen LogP contribution in [-0.4, -0.2) is 8.07 Å². The Morgan fingerprint density at radius 1 is 0.571 bits per heavy atom. The van der Waals surface area contributed by atoms with Crippen LogP contribution in [0.4, 0.5) is 0 Å². The quantitative estimate of drug-likeness (QED) is 0.512. The molecule has 0 amide bonds. The third kappa shape index (κ3) is 3.09. The van der Waals surface area contributed by atoms with Crippen molar-refractivity contribution in [3.63, 3.8) is 0 Å². The summed E-state index contributed by atoms with van der Waals surface area (Å²) in [7, 11) is -1.86. The monoisotopic (exact) mass is 282 g/mol. The van der Waals surface area contributed by atoms with Crippen molar-refractivity contribution in [3.05, 3.63) is 70.8 Å². The van der Waals surface area contributed by atoms with Gasteiger partial charge in [0.2, 0.25) is 8.07 Å². The molecule has 0 atom stereocenters. The van der Waals surface area contributed by atoms with Crippen LogP contribution in [-0.2, 0) is 0 Å². The van der Waals surface area contributed by atoms with Gasteiger partial charge in [0, 0.05) is 22.3 Å². The van der Waals surface area contributed by atoms with E-state index in [4.69, 9.17) is 0 Å². The molecule has 0 aliphatic carbocycles. The van der Waals surface area contributed by atoms with E-state index in [2.05, 4.69) is 47.9 Å². The number of fused-ring (bicyclic) bond motifs is 2. The van der Waals surface area contributed by atoms with Crippen molar-refractivity contribution in [1.29, 1.82) is 0 Å². The van der Waals surface area contributed by atoms with Gasteiger partial charge in [-0.3, -0.25) is 0 Å². The molecule has 21 heavy (non-hydrogen) atoms. The van der Waals surface area contributed by atoms with Crippen LogP contribution in [0.1, 0.15) is 22.3 Å². The van der Waals surface area contributed by atoms with Crippen LogP contribution < -0.4 is 0 Å². The highest BCUT2D eigenvalue weighted by molar-refractivity contribution is 6.92. The molecule has 0 N–H and O–H groups in total. The maximum atomic E-state index is 3.39. The average Bonchev–Trinajstić information content (AvgIpc) is 2.52. The molecule has 0 radical (unpaired) electrons. The molecular weight excluding hydrogens is 268 g/mol. The Balaban J connectivity index is 2.28. The molecule has 1 aliphatic rings. The van der Waals surface area contributed by atoms with Crippen LogP contribution >= 0.6 is 0 Å². The van der Waals surface area contributed by atoms with Gasteiger partial charge in [-0.2, -0.15) is 0 Å². The minimum atomic E-state index is -1.86. The van der Waals surface area contributed by atoms with Crippen molar-refractivity contribution in [1.82, 2.24) is 0 Å². The van der Waals surface area contributed by atoms with Crippen molar-refractivity contribution in [2.45, 2.75) is 13.1 Å². The average molecular weight is 282 g/mol. The summed E-state index contributed by atoms with van der Waals surface area (Å²) in [6.07, 6.45) is 0. The molecule has 98 valence electrons. The van der Waals surface area contributed by atoms with Crippen molar-refractivity contribution < 1.29 is 0 Å². The largest absolute Gasteiger partial charge is 0.211 e. The van der Waals surface area contributed by atoms with Crippen molar-refractivity contribution >= 4 is 8.07 Å². The number of rotatable bonds is 0. The van der Waals surface area contributed by atoms with Crippen LogP contribution in [0, 0.1) is 34.8 Å². The van der Waals surface area contributed by atoms with Gasteiger partial charge in [-0.1, -0.05) is 47.9 Å². The first-order valence-corrected chi connectivity index (χ1v) is 9.90. The minimum Gasteiger partial charge on any atom is -0.111 e. The smallest absolute Gasteiger partial charge is 0.111 e. The maximum absolute atomic E-state index is 3.39. The molecular formula is C20H14Si. The zero-order chi connectivity index (χ0) is 14.7. The molecule has 1 heteroatoms. The molecule has 1 heterocycles. The van der Waals surface area contributed by atoms with Crippen molar-refractivity contribution in [2.24, 2.45) is 0 Å². The SMILES string of the molecule is C[Si]1(C)C#Cc2ccccc2C#Cc2ccccc2C#C1. The molecule has 3 rings (SSSR count). The summed E-state index contributed by atoms with van der Waals surface area (Å²) in [4.78, 5) is 0. The van der Waals surface area contributed by atoms with Gasteiger partial charge in [-0.05, 0) is 37.4 Å². The molecule has 0 spiro atoms. The van der Waals surface area contributed by atoms with Crippen LogP contribution in [0.25, 0.3) is 0 Å². The van der Waals surface area contributed by atoms with E-state index in [1.54, 1.807) is 0 Å². The molecule has 1 aliphatic heterocycles. The third-order valence-corrected chi connectivity index (χ3v) is 4.71. The van der Waals surface area contributed by atoms with E-state index in [0.717, 1.165) is 22.3 Å². The summed E-state index contributed by atoms with van der Waals surface area (Å²) in [5.74, 6) is 13.0. The second kappa shape index (κ2) is 5.38. The Labute approximate surface area is 127 Å². The highest BCUT2D eigenvalue weighted by Crippen LogP contribution is 2.11. The van der Waals surface area contributed by atoms with E-state index >= 15 is 0 Å². The number of benzene rings is 2. The fraction of sp³-hybridized carbons (Fsp3) is 0.100. The molecule has 0 aromatic heterocycles. The number of hydrogen-bond acceptors (Lipinski definition) is 0. The first-order chi connectivity index (χ1) is 10.1. The lowest BCUT2D eigenvalue weighted by atomic mass is 10.1. The molecule has 0 unspecified atom stereocenters. The van der Waals surface area contributed by atoms with Crippen LogP contribution in [0.5, 0.6) is 0 Å². The molecule has 0 saturated carbocycles. The van der Waals surface area contributed by atoms with Gasteiger partial charge in [0.25, 0.3) is 0 Å². The normalized spacial score (nSPS) is 13.6. The van der Waals surface area contributed by atoms with Gasteiger partial charge < -0.3 is 0 Å². The van der Waals surface area contributed by atoms with Gasteiger partial charge in [0.1, 0.15) is 0 Å². The zero-order valence-electron chi connectivity index (χ0n) is 12.1. The summed E-state index contributed by atoms with van der Waals surface area (Å²) in [6.45, 7) is 4.36. The van der Waals surface area contributed by atoms with Crippen molar-refractivity contribution in [2.75, 3.05) is 0 Å². The molecule has 0 saturated heterocycles. The van der Waals surface area contributed by atoms with Gasteiger partial charge in [0.15, 0.2) is 0 Å². The Morgan fingerprint density at radius 3 is 1.29 bits per heavy atom. The van der Waals surface area contributed by atoms with E-state index < -0.39 is 8.07 Å². The van der Waals surface area contributed by atoms with Crippen LogP contribution in [0.2, 0.25) is 13.1 Å². The first kappa shape index (κ1) is 13.3. The highest BCUT2D eigenvalue weighted by atomic mass is 28.3. The van der Waals surface area contributed by atoms with Crippen LogP contribution in [0.15, 0.2) is 48.5 Å². The minimum absolute atomic E-state index is 0.978. The lowest BCUT2D eigenvalue weighted by molar-refractivity contribution is 1.57. The topological polar surface area (TPSA) is 0 Å². The molecule has 0 bridgehead atoms. The lowest BCUT2D eigenvalue weighted by Gasteiger charge is -2.04. The lowest BCUT2D eigenvalue weighted by Crippen LogP contribution is -2.21. The van der Waals surface area contributed by atoms with Gasteiger partial charge >= 0.3 is 0 Å². The maximum Gasteiger partial charge on any atom is 0.211 e. The van der Waals surface area contributed by atoms with E-state index in [1.165, 1.54) is 0 Å². The van der Waals surface area contributed by atoms with E-state index in [0.29, 0.717) is 0 Å². The predicted molar refractivity (Wildman–Crippen MR) is 90.1 cm³/mol. The Bertz CT molecular complexity index is 813. The second-order valence-corrected chi connectivity index (χ2v) is 9.22. The summed E-state index contributed by atoms with van der Waals surface area (Å²) in [5, 5.41) is 0. The summed E-state index contributed by atoms with van der Waals surface area (Å²) < 4.78 is 0. The Morgan fingerprint density at radius 2 is 0.905 bits per heavy atom. The number of hydrogen-bond donors (Lipinski definition) is 0. The third-order valence-electron chi connectivity index (χ3n) is 3.21. The summed E-state index contributed by atoms with van der Waals surface area (Å²) in [6, 6.07) is 16.1. The van der Waals surface area contributed by atoms with E-state index in [1.807, 2.05) is 48.5 Å². The summed E-state index contributed by atoms with van der Waals surface area (Å²) >= 11 is 0.